The summed E-state index contributed by atoms with van der Waals surface area (Å²) < 4.78 is 13.7. The molecule has 0 amide bonds. The van der Waals surface area contributed by atoms with Crippen LogP contribution in [0.25, 0.3) is 82.4 Å². The van der Waals surface area contributed by atoms with Gasteiger partial charge in [-0.05, 0) is 120 Å². The zero-order valence-electron chi connectivity index (χ0n) is 46.9. The first-order valence-electron chi connectivity index (χ1n) is 29.9. The van der Waals surface area contributed by atoms with Crippen LogP contribution in [-0.2, 0) is 10.8 Å². The molecule has 1 aromatic heterocycles. The first-order chi connectivity index (χ1) is 42.7. The Labute approximate surface area is 499 Å². The van der Waals surface area contributed by atoms with Crippen molar-refractivity contribution in [1.82, 2.24) is 0 Å². The summed E-state index contributed by atoms with van der Waals surface area (Å²) in [5.41, 5.74) is 23.4. The van der Waals surface area contributed by atoms with Crippen molar-refractivity contribution in [3.8, 4) is 44.9 Å². The molecule has 0 atom stereocenters. The van der Waals surface area contributed by atoms with Crippen molar-refractivity contribution >= 4 is 60.4 Å². The predicted molar refractivity (Wildman–Crippen MR) is 354 cm³/mol. The quantitative estimate of drug-likeness (QED) is 0.159. The molecule has 13 aromatic carbocycles. The third-order valence-electron chi connectivity index (χ3n) is 19.1. The van der Waals surface area contributed by atoms with Crippen LogP contribution in [0.1, 0.15) is 56.5 Å². The fourth-order valence-electron chi connectivity index (χ4n) is 15.6. The van der Waals surface area contributed by atoms with Crippen LogP contribution < -0.4 is 9.64 Å². The Kier molecular flexibility index (Phi) is 10.6. The van der Waals surface area contributed by atoms with Gasteiger partial charge in [-0.15, -0.1) is 0 Å². The molecule has 1 spiro atoms. The van der Waals surface area contributed by atoms with Crippen molar-refractivity contribution < 1.29 is 9.15 Å². The fourth-order valence-corrected chi connectivity index (χ4v) is 15.6. The maximum absolute atomic E-state index is 7.31. The molecule has 0 radical (unpaired) electrons. The number of hydrogen-bond donors (Lipinski definition) is 0. The zero-order valence-corrected chi connectivity index (χ0v) is 46.9. The van der Waals surface area contributed by atoms with Crippen LogP contribution in [0.2, 0.25) is 0 Å². The van der Waals surface area contributed by atoms with E-state index in [0.29, 0.717) is 6.42 Å². The van der Waals surface area contributed by atoms with Gasteiger partial charge in [-0.3, -0.25) is 0 Å². The molecular weight excluding hydrogens is 1040 g/mol. The Morgan fingerprint density at radius 1 is 0.349 bits per heavy atom. The van der Waals surface area contributed by atoms with E-state index in [0.717, 1.165) is 99.9 Å². The number of rotatable bonds is 7. The number of furan rings is 1. The molecule has 18 rings (SSSR count). The molecule has 3 nitrogen and oxygen atoms in total. The second-order valence-electron chi connectivity index (χ2n) is 23.2. The van der Waals surface area contributed by atoms with E-state index in [1.54, 1.807) is 0 Å². The Morgan fingerprint density at radius 3 is 1.57 bits per heavy atom. The van der Waals surface area contributed by atoms with Gasteiger partial charge in [0.1, 0.15) is 22.7 Å². The summed E-state index contributed by atoms with van der Waals surface area (Å²) in [6.07, 6.45) is 9.98. The number of hydrogen-bond acceptors (Lipinski definition) is 3. The van der Waals surface area contributed by atoms with Crippen LogP contribution >= 0.6 is 0 Å². The monoisotopic (exact) mass is 1100 g/mol. The Bertz CT molecular complexity index is 5110. The highest BCUT2D eigenvalue weighted by Crippen LogP contribution is 2.66. The van der Waals surface area contributed by atoms with Crippen LogP contribution in [0.4, 0.5) is 11.4 Å². The smallest absolute Gasteiger partial charge is 0.140 e. The molecule has 14 aromatic rings. The number of allylic oxidation sites excluding steroid dienone is 5. The van der Waals surface area contributed by atoms with Gasteiger partial charge in [-0.2, -0.15) is 0 Å². The minimum absolute atomic E-state index is 0.566. The molecule has 3 heteroatoms. The number of anilines is 2. The molecule has 0 saturated carbocycles. The van der Waals surface area contributed by atoms with Gasteiger partial charge in [-0.1, -0.05) is 273 Å². The van der Waals surface area contributed by atoms with Gasteiger partial charge in [0.25, 0.3) is 0 Å². The number of benzene rings is 13. The predicted octanol–water partition coefficient (Wildman–Crippen LogP) is 21.5. The lowest BCUT2D eigenvalue weighted by atomic mass is 9.65. The van der Waals surface area contributed by atoms with Crippen molar-refractivity contribution in [2.24, 2.45) is 0 Å². The van der Waals surface area contributed by atoms with E-state index in [9.17, 15) is 0 Å². The minimum atomic E-state index is -0.656. The summed E-state index contributed by atoms with van der Waals surface area (Å²) in [6.45, 7) is 0. The molecule has 4 aliphatic rings. The van der Waals surface area contributed by atoms with Gasteiger partial charge in [-0.25, -0.2) is 0 Å². The van der Waals surface area contributed by atoms with Crippen molar-refractivity contribution in [3.05, 3.63) is 365 Å². The van der Waals surface area contributed by atoms with Crippen molar-refractivity contribution in [1.29, 1.82) is 0 Å². The molecule has 2 heterocycles. The molecule has 0 bridgehead atoms. The van der Waals surface area contributed by atoms with Gasteiger partial charge < -0.3 is 14.1 Å². The molecule has 402 valence electrons. The Balaban J connectivity index is 0.846. The van der Waals surface area contributed by atoms with Crippen molar-refractivity contribution in [3.63, 3.8) is 0 Å². The number of nitrogens with zero attached hydrogens (tertiary/aromatic N) is 1. The second-order valence-corrected chi connectivity index (χ2v) is 23.2. The van der Waals surface area contributed by atoms with E-state index >= 15 is 0 Å². The van der Waals surface area contributed by atoms with Crippen molar-refractivity contribution in [2.45, 2.75) is 17.3 Å². The standard InChI is InChI=1S/C83H53NO2/c1-3-24-57(25-4-1)82(58-26-5-2-6-27-58)68-36-14-12-32-66(68)79-71(82)39-20-40-74(79)84(59-28-17-23-53(43-48-59)62-35-19-42-76-78(62)67-33-13-16-41-75(67)85-76)60-49-44-56(45-50-60)61-34-18-38-70-77(61)65-31-11-15-37-69(65)83(70)72-51-46-54-21-7-9-29-63(54)80(72)86-81-64-30-10-8-22-55(64)47-52-73(81)83/h1-27,29-52H,28H2. The molecule has 0 fully saturated rings. The van der Waals surface area contributed by atoms with E-state index in [1.807, 2.05) is 6.07 Å². The number of ether oxygens (including phenoxy) is 1. The zero-order chi connectivity index (χ0) is 56.5. The maximum Gasteiger partial charge on any atom is 0.140 e. The largest absolute Gasteiger partial charge is 0.456 e. The number of fused-ring (bicyclic) bond motifs is 19. The van der Waals surface area contributed by atoms with Crippen LogP contribution in [0.3, 0.4) is 0 Å². The third-order valence-corrected chi connectivity index (χ3v) is 19.1. The maximum atomic E-state index is 7.31. The van der Waals surface area contributed by atoms with Crippen molar-refractivity contribution in [2.75, 3.05) is 4.90 Å². The van der Waals surface area contributed by atoms with Gasteiger partial charge in [0.05, 0.1) is 16.5 Å². The summed E-state index contributed by atoms with van der Waals surface area (Å²) in [5.74, 6) is 1.84. The molecule has 3 aliphatic carbocycles. The van der Waals surface area contributed by atoms with Gasteiger partial charge in [0, 0.05) is 56.0 Å². The lowest BCUT2D eigenvalue weighted by Gasteiger charge is -2.40. The summed E-state index contributed by atoms with van der Waals surface area (Å²) in [6, 6.07) is 105. The molecule has 86 heavy (non-hydrogen) atoms. The van der Waals surface area contributed by atoms with Crippen LogP contribution in [-0.4, -0.2) is 0 Å². The van der Waals surface area contributed by atoms with Gasteiger partial charge >= 0.3 is 0 Å². The number of para-hydroxylation sites is 1. The summed E-state index contributed by atoms with van der Waals surface area (Å²) in [5, 5.41) is 6.78. The lowest BCUT2D eigenvalue weighted by molar-refractivity contribution is 0.447. The normalized spacial score (nSPS) is 14.6. The van der Waals surface area contributed by atoms with Crippen LogP contribution in [0.5, 0.6) is 11.5 Å². The van der Waals surface area contributed by atoms with Crippen LogP contribution in [0.15, 0.2) is 320 Å². The first kappa shape index (κ1) is 48.5. The highest BCUT2D eigenvalue weighted by molar-refractivity contribution is 6.11. The van der Waals surface area contributed by atoms with E-state index in [-0.39, 0.29) is 0 Å². The summed E-state index contributed by atoms with van der Waals surface area (Å²) in [7, 11) is 0. The van der Waals surface area contributed by atoms with E-state index in [1.165, 1.54) is 61.2 Å². The molecule has 0 saturated heterocycles. The average molecular weight is 1100 g/mol. The van der Waals surface area contributed by atoms with E-state index in [2.05, 4.69) is 308 Å². The Hall–Kier alpha value is -11.0. The SMILES string of the molecule is C1=CC(c2cccc3oc4ccccc4c23)=CC=C(N(c2ccc(-c3cccc4c3-c3ccccc3C43c4ccc5ccccc5c4Oc4c3ccc3ccccc43)cc2)c2cccc3c2-c2ccccc2C3(c2ccccc2)c2ccccc2)C1. The fraction of sp³-hybridized carbons (Fsp3) is 0.0361. The van der Waals surface area contributed by atoms with E-state index in [4.69, 9.17) is 9.15 Å². The average Bonchev–Trinajstić information content (AvgIpc) is 1.49. The van der Waals surface area contributed by atoms with Crippen LogP contribution in [0, 0.1) is 0 Å². The van der Waals surface area contributed by atoms with E-state index < -0.39 is 10.8 Å². The topological polar surface area (TPSA) is 25.6 Å². The highest BCUT2D eigenvalue weighted by Gasteiger charge is 2.53. The highest BCUT2D eigenvalue weighted by atomic mass is 16.5. The molecule has 1 aliphatic heterocycles. The van der Waals surface area contributed by atoms with Gasteiger partial charge in [0.2, 0.25) is 0 Å². The van der Waals surface area contributed by atoms with Gasteiger partial charge in [0.15, 0.2) is 0 Å². The second kappa shape index (κ2) is 18.8. The summed E-state index contributed by atoms with van der Waals surface area (Å²) >= 11 is 0. The molecular formula is C83H53NO2. The molecule has 0 unspecified atom stereocenters. The Morgan fingerprint density at radius 2 is 0.872 bits per heavy atom. The minimum Gasteiger partial charge on any atom is -0.456 e. The molecule has 0 N–H and O–H groups in total. The lowest BCUT2D eigenvalue weighted by Crippen LogP contribution is -2.32. The first-order valence-corrected chi connectivity index (χ1v) is 29.9. The summed E-state index contributed by atoms with van der Waals surface area (Å²) in [4.78, 5) is 2.54. The third kappa shape index (κ3) is 6.74.